The molecule has 0 saturated heterocycles. The van der Waals surface area contributed by atoms with Gasteiger partial charge in [-0.2, -0.15) is 5.26 Å². The van der Waals surface area contributed by atoms with Gasteiger partial charge in [-0.15, -0.1) is 34.0 Å². The van der Waals surface area contributed by atoms with Gasteiger partial charge < -0.3 is 9.13 Å². The molecular formula is C62H32N4S3. The Labute approximate surface area is 406 Å². The predicted octanol–water partition coefficient (Wildman–Crippen LogP) is 18.7. The minimum absolute atomic E-state index is 0.428. The summed E-state index contributed by atoms with van der Waals surface area (Å²) in [5.41, 5.74) is 9.72. The van der Waals surface area contributed by atoms with Crippen molar-refractivity contribution in [3.8, 4) is 39.7 Å². The molecule has 0 N–H and O–H groups in total. The summed E-state index contributed by atoms with van der Waals surface area (Å²) in [6, 6.07) is 71.8. The zero-order chi connectivity index (χ0) is 45.5. The normalized spacial score (nSPS) is 12.0. The Balaban J connectivity index is 1.24. The number of rotatable bonds is 4. The first-order chi connectivity index (χ1) is 34.2. The van der Waals surface area contributed by atoms with Crippen molar-refractivity contribution in [3.05, 3.63) is 211 Å². The van der Waals surface area contributed by atoms with Crippen molar-refractivity contribution >= 4 is 144 Å². The lowest BCUT2D eigenvalue weighted by Crippen LogP contribution is -2.08. The number of para-hydroxylation sites is 1. The highest BCUT2D eigenvalue weighted by Gasteiger charge is 2.33. The molecule has 5 aromatic heterocycles. The average Bonchev–Trinajstić information content (AvgIpc) is 4.23. The summed E-state index contributed by atoms with van der Waals surface area (Å²) in [5.74, 6) is 0. The molecule has 0 aliphatic rings. The van der Waals surface area contributed by atoms with Gasteiger partial charge in [-0.05, 0) is 35.4 Å². The van der Waals surface area contributed by atoms with Crippen LogP contribution in [0, 0.1) is 17.9 Å². The third-order valence-corrected chi connectivity index (χ3v) is 17.8. The summed E-state index contributed by atoms with van der Waals surface area (Å²) in [7, 11) is 0. The van der Waals surface area contributed by atoms with Crippen molar-refractivity contribution in [2.45, 2.75) is 0 Å². The maximum atomic E-state index is 12.3. The van der Waals surface area contributed by atoms with E-state index in [4.69, 9.17) is 4.85 Å². The lowest BCUT2D eigenvalue weighted by atomic mass is 9.88. The van der Waals surface area contributed by atoms with Gasteiger partial charge in [-0.25, -0.2) is 4.85 Å². The molecule has 0 aliphatic carbocycles. The van der Waals surface area contributed by atoms with E-state index in [-0.39, 0.29) is 0 Å². The van der Waals surface area contributed by atoms with E-state index in [2.05, 4.69) is 197 Å². The Hall–Kier alpha value is -8.56. The average molecular weight is 929 g/mol. The van der Waals surface area contributed by atoms with Crippen LogP contribution in [-0.4, -0.2) is 9.13 Å². The first kappa shape index (κ1) is 38.5. The monoisotopic (exact) mass is 928 g/mol. The number of hydrogen-bond acceptors (Lipinski definition) is 4. The van der Waals surface area contributed by atoms with E-state index < -0.39 is 0 Å². The van der Waals surface area contributed by atoms with Crippen LogP contribution in [0.2, 0.25) is 0 Å². The molecule has 4 nitrogen and oxygen atoms in total. The summed E-state index contributed by atoms with van der Waals surface area (Å²) in [6.07, 6.45) is 0. The molecule has 7 heteroatoms. The third-order valence-electron chi connectivity index (χ3n) is 14.2. The van der Waals surface area contributed by atoms with Crippen LogP contribution in [0.5, 0.6) is 0 Å². The number of benzene rings is 10. The van der Waals surface area contributed by atoms with Gasteiger partial charge in [-0.1, -0.05) is 170 Å². The van der Waals surface area contributed by atoms with Gasteiger partial charge in [0.15, 0.2) is 0 Å². The third kappa shape index (κ3) is 5.19. The lowest BCUT2D eigenvalue weighted by molar-refractivity contribution is 1.15. The Morgan fingerprint density at radius 2 is 0.768 bits per heavy atom. The Morgan fingerprint density at radius 3 is 1.25 bits per heavy atom. The van der Waals surface area contributed by atoms with E-state index in [0.29, 0.717) is 16.9 Å². The van der Waals surface area contributed by atoms with Gasteiger partial charge in [0.2, 0.25) is 5.69 Å². The SMILES string of the molecule is [C-]#[N+]c1c(-c2ccccc2)c(-n2c3ccccc3c3ccc4c5ccccc5sc4c32)c(-c2ccccc2)c(C#N)c1-n1c2c(ccc3c4ccccc4sc32)c2ccc3c4ccccc4sc3c21. The molecule has 0 radical (unpaired) electrons. The van der Waals surface area contributed by atoms with Crippen LogP contribution < -0.4 is 0 Å². The number of fused-ring (bicyclic) bond motifs is 18. The fourth-order valence-corrected chi connectivity index (χ4v) is 15.1. The number of aromatic nitrogens is 2. The molecule has 0 saturated carbocycles. The molecule has 0 bridgehead atoms. The molecule has 0 aliphatic heterocycles. The van der Waals surface area contributed by atoms with E-state index in [1.54, 1.807) is 34.0 Å². The van der Waals surface area contributed by atoms with E-state index in [1.807, 2.05) is 12.1 Å². The van der Waals surface area contributed by atoms with Gasteiger partial charge in [-0.3, -0.25) is 0 Å². The van der Waals surface area contributed by atoms with Crippen molar-refractivity contribution < 1.29 is 0 Å². The van der Waals surface area contributed by atoms with E-state index in [0.717, 1.165) is 96.4 Å². The molecule has 0 spiro atoms. The molecule has 0 amide bonds. The second-order valence-corrected chi connectivity index (χ2v) is 20.8. The molecule has 0 unspecified atom stereocenters. The smallest absolute Gasteiger partial charge is 0.221 e. The van der Waals surface area contributed by atoms with Crippen molar-refractivity contribution in [1.82, 2.24) is 9.13 Å². The van der Waals surface area contributed by atoms with Crippen LogP contribution in [0.1, 0.15) is 5.56 Å². The van der Waals surface area contributed by atoms with E-state index in [9.17, 15) is 11.8 Å². The largest absolute Gasteiger partial charge is 0.315 e. The van der Waals surface area contributed by atoms with Crippen LogP contribution in [-0.2, 0) is 0 Å². The molecule has 0 atom stereocenters. The summed E-state index contributed by atoms with van der Waals surface area (Å²) in [6.45, 7) is 9.59. The zero-order valence-electron chi connectivity index (χ0n) is 36.5. The van der Waals surface area contributed by atoms with Gasteiger partial charge in [0.25, 0.3) is 0 Å². The van der Waals surface area contributed by atoms with E-state index in [1.165, 1.54) is 35.6 Å². The molecule has 69 heavy (non-hydrogen) atoms. The first-order valence-electron chi connectivity index (χ1n) is 22.9. The van der Waals surface area contributed by atoms with Crippen molar-refractivity contribution in [2.75, 3.05) is 0 Å². The second kappa shape index (κ2) is 14.5. The highest BCUT2D eigenvalue weighted by atomic mass is 32.1. The number of thiophene rings is 3. The minimum Gasteiger partial charge on any atom is -0.315 e. The Bertz CT molecular complexity index is 4590. The van der Waals surface area contributed by atoms with Crippen LogP contribution in [0.4, 0.5) is 5.69 Å². The number of hydrogen-bond donors (Lipinski definition) is 0. The molecule has 15 rings (SSSR count). The van der Waals surface area contributed by atoms with Crippen molar-refractivity contribution in [1.29, 1.82) is 5.26 Å². The second-order valence-electron chi connectivity index (χ2n) is 17.6. The van der Waals surface area contributed by atoms with Gasteiger partial charge in [0.05, 0.1) is 59.7 Å². The van der Waals surface area contributed by atoms with Crippen molar-refractivity contribution in [2.24, 2.45) is 0 Å². The molecule has 5 heterocycles. The van der Waals surface area contributed by atoms with Gasteiger partial charge >= 0.3 is 0 Å². The summed E-state index contributed by atoms with van der Waals surface area (Å²) >= 11 is 5.36. The number of nitrogens with zero attached hydrogens (tertiary/aromatic N) is 4. The van der Waals surface area contributed by atoms with Crippen LogP contribution in [0.25, 0.3) is 143 Å². The quantitative estimate of drug-likeness (QED) is 0.162. The molecule has 318 valence electrons. The van der Waals surface area contributed by atoms with E-state index >= 15 is 0 Å². The topological polar surface area (TPSA) is 38.0 Å². The fourth-order valence-electron chi connectivity index (χ4n) is 11.4. The zero-order valence-corrected chi connectivity index (χ0v) is 38.9. The van der Waals surface area contributed by atoms with Crippen LogP contribution in [0.3, 0.4) is 0 Å². The summed E-state index contributed by atoms with van der Waals surface area (Å²) < 4.78 is 11.7. The fraction of sp³-hybridized carbons (Fsp3) is 0. The molecule has 10 aromatic carbocycles. The highest BCUT2D eigenvalue weighted by Crippen LogP contribution is 2.55. The first-order valence-corrected chi connectivity index (χ1v) is 25.3. The predicted molar refractivity (Wildman–Crippen MR) is 296 cm³/mol. The Kier molecular flexibility index (Phi) is 8.08. The molecular weight excluding hydrogens is 897 g/mol. The highest BCUT2D eigenvalue weighted by molar-refractivity contribution is 7.27. The van der Waals surface area contributed by atoms with Gasteiger partial charge in [0, 0.05) is 79.1 Å². The van der Waals surface area contributed by atoms with Crippen LogP contribution in [0.15, 0.2) is 194 Å². The summed E-state index contributed by atoms with van der Waals surface area (Å²) in [4.78, 5) is 4.71. The molecule has 15 aromatic rings. The molecule has 0 fully saturated rings. The maximum Gasteiger partial charge on any atom is 0.221 e. The minimum atomic E-state index is 0.428. The van der Waals surface area contributed by atoms with Crippen LogP contribution >= 0.6 is 34.0 Å². The Morgan fingerprint density at radius 1 is 0.377 bits per heavy atom. The summed E-state index contributed by atoms with van der Waals surface area (Å²) in [5, 5.41) is 23.8. The van der Waals surface area contributed by atoms with Crippen molar-refractivity contribution in [3.63, 3.8) is 0 Å². The lowest BCUT2D eigenvalue weighted by Gasteiger charge is -2.26. The van der Waals surface area contributed by atoms with Gasteiger partial charge in [0.1, 0.15) is 6.07 Å². The number of nitriles is 1. The maximum absolute atomic E-state index is 12.3. The standard InChI is InChI=1S/C62H32N4S3/c1-64-54-53(36-18-6-3-7-19-36)59(65-48-24-12-8-20-37(48)41-28-31-44-38-21-9-13-25-49(38)67-60(44)56(41)65)52(35-16-4-2-5-17-35)47(34-63)55(54)66-57-42(29-32-45-39-22-10-14-26-50(39)68-61(45)57)43-30-33-46-40-23-11-15-27-51(40)69-62(46)58(43)66/h2-33H.